The van der Waals surface area contributed by atoms with Gasteiger partial charge < -0.3 is 0 Å². The number of rotatable bonds is 4. The molecular weight excluding hydrogens is 640 g/mol. The van der Waals surface area contributed by atoms with E-state index in [-0.39, 0.29) is 0 Å². The van der Waals surface area contributed by atoms with Crippen LogP contribution in [0.5, 0.6) is 0 Å². The molecule has 0 atom stereocenters. The second-order valence-corrected chi connectivity index (χ2v) is 14.6. The molecule has 0 bridgehead atoms. The SMILES string of the molecule is Clc1ccc(-c2ccc(-c3ccc4c(c3)sc3c4ccc4c5ccc(-c6ccc(-c7ccc(Cl)cc7)cc6)cc5sc43)cc2)cc1. The molecule has 2 heterocycles. The number of thiophene rings is 2. The summed E-state index contributed by atoms with van der Waals surface area (Å²) in [6.07, 6.45) is 0. The van der Waals surface area contributed by atoms with Crippen molar-refractivity contribution in [2.75, 3.05) is 0 Å². The molecule has 0 saturated heterocycles. The largest absolute Gasteiger partial charge is 0.134 e. The molecule has 0 nitrogen and oxygen atoms in total. The van der Waals surface area contributed by atoms with Crippen molar-refractivity contribution < 1.29 is 0 Å². The van der Waals surface area contributed by atoms with Gasteiger partial charge in [-0.25, -0.2) is 0 Å². The highest BCUT2D eigenvalue weighted by Crippen LogP contribution is 2.46. The predicted molar refractivity (Wildman–Crippen MR) is 204 cm³/mol. The predicted octanol–water partition coefficient (Wildman–Crippen LogP) is 14.4. The zero-order valence-electron chi connectivity index (χ0n) is 24.4. The van der Waals surface area contributed by atoms with Crippen molar-refractivity contribution in [1.29, 1.82) is 0 Å². The van der Waals surface area contributed by atoms with Crippen molar-refractivity contribution >= 4 is 86.2 Å². The van der Waals surface area contributed by atoms with Gasteiger partial charge in [-0.15, -0.1) is 22.7 Å². The summed E-state index contributed by atoms with van der Waals surface area (Å²) in [5, 5.41) is 6.83. The van der Waals surface area contributed by atoms with Crippen LogP contribution < -0.4 is 0 Å². The zero-order valence-corrected chi connectivity index (χ0v) is 27.6. The molecule has 0 aliphatic rings. The maximum absolute atomic E-state index is 6.09. The fourth-order valence-electron chi connectivity index (χ4n) is 6.42. The monoisotopic (exact) mass is 662 g/mol. The van der Waals surface area contributed by atoms with Crippen LogP contribution in [-0.4, -0.2) is 0 Å². The summed E-state index contributed by atoms with van der Waals surface area (Å²) < 4.78 is 5.39. The molecule has 0 aliphatic carbocycles. The molecule has 46 heavy (non-hydrogen) atoms. The van der Waals surface area contributed by atoms with Crippen LogP contribution in [0.4, 0.5) is 0 Å². The Hall–Kier alpha value is -4.44. The minimum atomic E-state index is 0.756. The first-order valence-corrected chi connectivity index (χ1v) is 17.5. The Balaban J connectivity index is 1.07. The van der Waals surface area contributed by atoms with E-state index in [4.69, 9.17) is 23.2 Å². The molecule has 0 N–H and O–H groups in total. The molecule has 0 fully saturated rings. The summed E-state index contributed by atoms with van der Waals surface area (Å²) >= 11 is 16.0. The van der Waals surface area contributed by atoms with Crippen LogP contribution >= 0.6 is 45.9 Å². The van der Waals surface area contributed by atoms with Gasteiger partial charge in [-0.3, -0.25) is 0 Å². The van der Waals surface area contributed by atoms with Gasteiger partial charge in [-0.1, -0.05) is 132 Å². The Bertz CT molecular complexity index is 2370. The van der Waals surface area contributed by atoms with Crippen LogP contribution in [-0.2, 0) is 0 Å². The van der Waals surface area contributed by atoms with E-state index in [1.165, 1.54) is 84.9 Å². The van der Waals surface area contributed by atoms with Gasteiger partial charge >= 0.3 is 0 Å². The highest BCUT2D eigenvalue weighted by Gasteiger charge is 2.14. The van der Waals surface area contributed by atoms with Gasteiger partial charge in [0.1, 0.15) is 0 Å². The van der Waals surface area contributed by atoms with Crippen molar-refractivity contribution in [2.45, 2.75) is 0 Å². The third-order valence-electron chi connectivity index (χ3n) is 8.87. The third-order valence-corrected chi connectivity index (χ3v) is 11.9. The lowest BCUT2D eigenvalue weighted by atomic mass is 9.99. The maximum Gasteiger partial charge on any atom is 0.0534 e. The Kier molecular flexibility index (Phi) is 6.73. The lowest BCUT2D eigenvalue weighted by Crippen LogP contribution is -1.80. The molecule has 0 spiro atoms. The molecule has 9 rings (SSSR count). The highest BCUT2D eigenvalue weighted by atomic mass is 35.5. The average Bonchev–Trinajstić information content (AvgIpc) is 3.67. The van der Waals surface area contributed by atoms with Gasteiger partial charge in [-0.2, -0.15) is 0 Å². The van der Waals surface area contributed by atoms with Crippen LogP contribution in [0.15, 0.2) is 146 Å². The Morgan fingerprint density at radius 3 is 0.891 bits per heavy atom. The lowest BCUT2D eigenvalue weighted by molar-refractivity contribution is 1.60. The van der Waals surface area contributed by atoms with E-state index in [0.29, 0.717) is 0 Å². The van der Waals surface area contributed by atoms with Crippen molar-refractivity contribution in [3.63, 3.8) is 0 Å². The number of benzene rings is 7. The van der Waals surface area contributed by atoms with Crippen molar-refractivity contribution in [3.05, 3.63) is 156 Å². The molecular formula is C42H24Cl2S2. The van der Waals surface area contributed by atoms with Gasteiger partial charge in [0.2, 0.25) is 0 Å². The summed E-state index contributed by atoms with van der Waals surface area (Å²) in [4.78, 5) is 0. The molecule has 4 heteroatoms. The first-order valence-electron chi connectivity index (χ1n) is 15.1. The fourth-order valence-corrected chi connectivity index (χ4v) is 9.29. The van der Waals surface area contributed by atoms with E-state index < -0.39 is 0 Å². The quantitative estimate of drug-likeness (QED) is 0.176. The van der Waals surface area contributed by atoms with Gasteiger partial charge in [0.05, 0.1) is 9.40 Å². The van der Waals surface area contributed by atoms with Crippen LogP contribution in [0.25, 0.3) is 84.9 Å². The van der Waals surface area contributed by atoms with Gasteiger partial charge in [0, 0.05) is 41.0 Å². The Morgan fingerprint density at radius 1 is 0.283 bits per heavy atom. The number of hydrogen-bond acceptors (Lipinski definition) is 2. The topological polar surface area (TPSA) is 0 Å². The van der Waals surface area contributed by atoms with E-state index in [2.05, 4.69) is 121 Å². The normalized spacial score (nSPS) is 11.7. The van der Waals surface area contributed by atoms with Crippen molar-refractivity contribution in [2.24, 2.45) is 0 Å². The maximum atomic E-state index is 6.09. The minimum Gasteiger partial charge on any atom is -0.134 e. The lowest BCUT2D eigenvalue weighted by Gasteiger charge is -2.06. The van der Waals surface area contributed by atoms with E-state index in [9.17, 15) is 0 Å². The third kappa shape index (κ3) is 4.81. The number of hydrogen-bond donors (Lipinski definition) is 0. The van der Waals surface area contributed by atoms with Crippen LogP contribution in [0, 0.1) is 0 Å². The van der Waals surface area contributed by atoms with E-state index in [0.717, 1.165) is 10.0 Å². The summed E-state index contributed by atoms with van der Waals surface area (Å²) in [7, 11) is 0. The van der Waals surface area contributed by atoms with Crippen LogP contribution in [0.3, 0.4) is 0 Å². The van der Waals surface area contributed by atoms with Crippen molar-refractivity contribution in [1.82, 2.24) is 0 Å². The highest BCUT2D eigenvalue weighted by molar-refractivity contribution is 7.33. The van der Waals surface area contributed by atoms with Crippen LogP contribution in [0.2, 0.25) is 10.0 Å². The van der Waals surface area contributed by atoms with Crippen molar-refractivity contribution in [3.8, 4) is 44.5 Å². The van der Waals surface area contributed by atoms with Gasteiger partial charge in [0.25, 0.3) is 0 Å². The van der Waals surface area contributed by atoms with Gasteiger partial charge in [-0.05, 0) is 80.9 Å². The van der Waals surface area contributed by atoms with E-state index in [1.54, 1.807) is 0 Å². The first-order chi connectivity index (χ1) is 22.6. The molecule has 0 amide bonds. The molecule has 218 valence electrons. The Labute approximate surface area is 284 Å². The molecule has 0 aliphatic heterocycles. The summed E-state index contributed by atoms with van der Waals surface area (Å²) in [6, 6.07) is 52.1. The molecule has 2 aromatic heterocycles. The zero-order chi connectivity index (χ0) is 30.8. The first kappa shape index (κ1) is 27.8. The molecule has 0 saturated carbocycles. The minimum absolute atomic E-state index is 0.756. The summed E-state index contributed by atoms with van der Waals surface area (Å²) in [6.45, 7) is 0. The smallest absolute Gasteiger partial charge is 0.0534 e. The van der Waals surface area contributed by atoms with Gasteiger partial charge in [0.15, 0.2) is 0 Å². The van der Waals surface area contributed by atoms with Crippen LogP contribution in [0.1, 0.15) is 0 Å². The number of fused-ring (bicyclic) bond motifs is 7. The Morgan fingerprint density at radius 2 is 0.543 bits per heavy atom. The molecule has 0 unspecified atom stereocenters. The molecule has 9 aromatic rings. The second kappa shape index (κ2) is 11.1. The second-order valence-electron chi connectivity index (χ2n) is 11.6. The summed E-state index contributed by atoms with van der Waals surface area (Å²) in [5.74, 6) is 0. The molecule has 0 radical (unpaired) electrons. The number of halogens is 2. The fraction of sp³-hybridized carbons (Fsp3) is 0. The average molecular weight is 664 g/mol. The summed E-state index contributed by atoms with van der Waals surface area (Å²) in [5.41, 5.74) is 9.63. The molecule has 7 aromatic carbocycles. The van der Waals surface area contributed by atoms with E-state index in [1.807, 2.05) is 46.9 Å². The standard InChI is InChI=1S/C42H24Cl2S2/c43-33-15-9-27(10-16-33)25-1-5-29(6-2-25)31-13-19-35-37-21-22-38-36-20-14-32(24-40(36)46-42(38)41(37)45-39(35)23-31)30-7-3-26(4-8-30)28-11-17-34(44)18-12-28/h1-24H. The van der Waals surface area contributed by atoms with E-state index >= 15 is 0 Å².